The third-order valence-electron chi connectivity index (χ3n) is 5.24. The average molecular weight is 396 g/mol. The number of aromatic nitrogens is 4. The highest BCUT2D eigenvalue weighted by molar-refractivity contribution is 5.62. The largest absolute Gasteiger partial charge is 0.495 e. The SMILES string of the molecule is COc1cc2ncc(-c3cccc(NC[C@@H]4CCCNC4)n3)n2nc1C(C)(C)O. The number of rotatable bonds is 6. The van der Waals surface area contributed by atoms with Gasteiger partial charge in [0.25, 0.3) is 0 Å². The highest BCUT2D eigenvalue weighted by Gasteiger charge is 2.25. The molecule has 0 aromatic carbocycles. The van der Waals surface area contributed by atoms with Crippen LogP contribution in [0.2, 0.25) is 0 Å². The molecule has 0 saturated carbocycles. The number of fused-ring (bicyclic) bond motifs is 1. The molecule has 3 aromatic heterocycles. The summed E-state index contributed by atoms with van der Waals surface area (Å²) in [4.78, 5) is 9.20. The number of ether oxygens (including phenoxy) is 1. The summed E-state index contributed by atoms with van der Waals surface area (Å²) in [6.45, 7) is 6.43. The minimum Gasteiger partial charge on any atom is -0.495 e. The zero-order valence-corrected chi connectivity index (χ0v) is 17.1. The van der Waals surface area contributed by atoms with Gasteiger partial charge < -0.3 is 20.5 Å². The van der Waals surface area contributed by atoms with Gasteiger partial charge in [-0.2, -0.15) is 5.10 Å². The number of nitrogens with zero attached hydrogens (tertiary/aromatic N) is 4. The summed E-state index contributed by atoms with van der Waals surface area (Å²) in [5.41, 5.74) is 1.47. The molecule has 3 aromatic rings. The van der Waals surface area contributed by atoms with Crippen LogP contribution in [0.5, 0.6) is 5.75 Å². The van der Waals surface area contributed by atoms with E-state index in [1.807, 2.05) is 18.2 Å². The van der Waals surface area contributed by atoms with E-state index >= 15 is 0 Å². The van der Waals surface area contributed by atoms with Crippen molar-refractivity contribution in [3.05, 3.63) is 36.2 Å². The fraction of sp³-hybridized carbons (Fsp3) is 0.476. The van der Waals surface area contributed by atoms with Crippen molar-refractivity contribution in [2.75, 3.05) is 32.1 Å². The van der Waals surface area contributed by atoms with Crippen molar-refractivity contribution in [2.24, 2.45) is 5.92 Å². The molecular formula is C21H28N6O2. The van der Waals surface area contributed by atoms with Crippen molar-refractivity contribution in [1.29, 1.82) is 0 Å². The van der Waals surface area contributed by atoms with E-state index in [4.69, 9.17) is 9.72 Å². The number of anilines is 1. The molecule has 0 bridgehead atoms. The molecule has 1 aliphatic heterocycles. The molecule has 0 radical (unpaired) electrons. The van der Waals surface area contributed by atoms with Crippen LogP contribution in [-0.4, -0.2) is 51.4 Å². The molecule has 1 atom stereocenters. The van der Waals surface area contributed by atoms with Crippen molar-refractivity contribution in [2.45, 2.75) is 32.3 Å². The number of piperidine rings is 1. The topological polar surface area (TPSA) is 96.6 Å². The summed E-state index contributed by atoms with van der Waals surface area (Å²) >= 11 is 0. The Bertz CT molecular complexity index is 988. The van der Waals surface area contributed by atoms with E-state index in [0.29, 0.717) is 23.0 Å². The van der Waals surface area contributed by atoms with Crippen molar-refractivity contribution in [1.82, 2.24) is 24.9 Å². The first-order valence-corrected chi connectivity index (χ1v) is 10.0. The zero-order chi connectivity index (χ0) is 20.4. The molecule has 8 heteroatoms. The molecule has 4 heterocycles. The Morgan fingerprint density at radius 2 is 2.24 bits per heavy atom. The molecule has 0 unspecified atom stereocenters. The van der Waals surface area contributed by atoms with Gasteiger partial charge in [-0.15, -0.1) is 0 Å². The summed E-state index contributed by atoms with van der Waals surface area (Å²) in [5.74, 6) is 1.96. The van der Waals surface area contributed by atoms with E-state index in [1.165, 1.54) is 12.8 Å². The second-order valence-electron chi connectivity index (χ2n) is 8.04. The normalized spacial score (nSPS) is 17.4. The highest BCUT2D eigenvalue weighted by Crippen LogP contribution is 2.30. The number of hydrogen-bond acceptors (Lipinski definition) is 7. The van der Waals surface area contributed by atoms with Gasteiger partial charge in [0.1, 0.15) is 28.6 Å². The minimum absolute atomic E-state index is 0.450. The molecule has 3 N–H and O–H groups in total. The first kappa shape index (κ1) is 19.6. The molecule has 0 aliphatic carbocycles. The lowest BCUT2D eigenvalue weighted by atomic mass is 10.00. The van der Waals surface area contributed by atoms with Crippen LogP contribution < -0.4 is 15.4 Å². The van der Waals surface area contributed by atoms with Gasteiger partial charge >= 0.3 is 0 Å². The highest BCUT2D eigenvalue weighted by atomic mass is 16.5. The maximum atomic E-state index is 10.5. The smallest absolute Gasteiger partial charge is 0.157 e. The van der Waals surface area contributed by atoms with Gasteiger partial charge in [-0.25, -0.2) is 14.5 Å². The molecule has 29 heavy (non-hydrogen) atoms. The third kappa shape index (κ3) is 4.18. The summed E-state index contributed by atoms with van der Waals surface area (Å²) in [7, 11) is 1.56. The zero-order valence-electron chi connectivity index (χ0n) is 17.1. The number of methoxy groups -OCH3 is 1. The van der Waals surface area contributed by atoms with Crippen molar-refractivity contribution in [3.8, 4) is 17.1 Å². The van der Waals surface area contributed by atoms with Gasteiger partial charge in [0.05, 0.1) is 19.0 Å². The average Bonchev–Trinajstić information content (AvgIpc) is 3.14. The van der Waals surface area contributed by atoms with E-state index in [1.54, 1.807) is 37.7 Å². The summed E-state index contributed by atoms with van der Waals surface area (Å²) in [6, 6.07) is 7.67. The van der Waals surface area contributed by atoms with Gasteiger partial charge in [-0.1, -0.05) is 6.07 Å². The van der Waals surface area contributed by atoms with Gasteiger partial charge in [0.15, 0.2) is 5.65 Å². The first-order chi connectivity index (χ1) is 14.0. The number of hydrogen-bond donors (Lipinski definition) is 3. The maximum absolute atomic E-state index is 10.5. The Labute approximate surface area is 170 Å². The fourth-order valence-electron chi connectivity index (χ4n) is 3.68. The van der Waals surface area contributed by atoms with E-state index < -0.39 is 5.60 Å². The standard InChI is InChI=1S/C21H28N6O2/c1-21(2,28)20-17(29-3)10-19-24-13-16(27(19)26-20)15-7-4-8-18(25-15)23-12-14-6-5-9-22-11-14/h4,7-8,10,13-14,22,28H,5-6,9,11-12H2,1-3H3,(H,23,25)/t14-/m1/s1. The molecule has 0 spiro atoms. The van der Waals surface area contributed by atoms with Gasteiger partial charge in [0, 0.05) is 12.6 Å². The molecule has 1 aliphatic rings. The second-order valence-corrected chi connectivity index (χ2v) is 8.04. The number of imidazole rings is 1. The molecule has 0 amide bonds. The van der Waals surface area contributed by atoms with Crippen LogP contribution in [0.4, 0.5) is 5.82 Å². The van der Waals surface area contributed by atoms with Gasteiger partial charge in [-0.3, -0.25) is 0 Å². The lowest BCUT2D eigenvalue weighted by Gasteiger charge is -2.23. The predicted molar refractivity (Wildman–Crippen MR) is 112 cm³/mol. The first-order valence-electron chi connectivity index (χ1n) is 10.0. The summed E-state index contributed by atoms with van der Waals surface area (Å²) in [5, 5.41) is 22.0. The third-order valence-corrected chi connectivity index (χ3v) is 5.24. The summed E-state index contributed by atoms with van der Waals surface area (Å²) < 4.78 is 7.10. The van der Waals surface area contributed by atoms with Crippen LogP contribution in [0.15, 0.2) is 30.5 Å². The van der Waals surface area contributed by atoms with Gasteiger partial charge in [0.2, 0.25) is 0 Å². The maximum Gasteiger partial charge on any atom is 0.157 e. The van der Waals surface area contributed by atoms with Crippen LogP contribution in [0.25, 0.3) is 17.0 Å². The van der Waals surface area contributed by atoms with Crippen molar-refractivity contribution in [3.63, 3.8) is 0 Å². The van der Waals surface area contributed by atoms with E-state index in [2.05, 4.69) is 20.7 Å². The van der Waals surface area contributed by atoms with Crippen LogP contribution in [-0.2, 0) is 5.60 Å². The number of nitrogens with one attached hydrogen (secondary N) is 2. The van der Waals surface area contributed by atoms with Crippen molar-refractivity contribution >= 4 is 11.5 Å². The fourth-order valence-corrected chi connectivity index (χ4v) is 3.68. The second kappa shape index (κ2) is 7.96. The minimum atomic E-state index is -1.15. The molecule has 1 saturated heterocycles. The number of aliphatic hydroxyl groups is 1. The molecule has 154 valence electrons. The predicted octanol–water partition coefficient (Wildman–Crippen LogP) is 2.44. The Morgan fingerprint density at radius 1 is 1.38 bits per heavy atom. The van der Waals surface area contributed by atoms with E-state index in [0.717, 1.165) is 36.8 Å². The molecule has 4 rings (SSSR count). The monoisotopic (exact) mass is 396 g/mol. The van der Waals surface area contributed by atoms with Gasteiger partial charge in [-0.05, 0) is 57.8 Å². The Morgan fingerprint density at radius 3 is 2.97 bits per heavy atom. The Balaban J connectivity index is 1.64. The lowest BCUT2D eigenvalue weighted by molar-refractivity contribution is 0.0694. The molecular weight excluding hydrogens is 368 g/mol. The molecule has 8 nitrogen and oxygen atoms in total. The Hall–Kier alpha value is -2.71. The van der Waals surface area contributed by atoms with Crippen molar-refractivity contribution < 1.29 is 9.84 Å². The van der Waals surface area contributed by atoms with Crippen LogP contribution >= 0.6 is 0 Å². The summed E-state index contributed by atoms with van der Waals surface area (Å²) in [6.07, 6.45) is 4.20. The van der Waals surface area contributed by atoms with Crippen LogP contribution in [0, 0.1) is 5.92 Å². The van der Waals surface area contributed by atoms with E-state index in [-0.39, 0.29) is 0 Å². The van der Waals surface area contributed by atoms with Crippen LogP contribution in [0.1, 0.15) is 32.4 Å². The Kier molecular flexibility index (Phi) is 5.38. The van der Waals surface area contributed by atoms with E-state index in [9.17, 15) is 5.11 Å². The number of pyridine rings is 1. The molecule has 1 fully saturated rings. The van der Waals surface area contributed by atoms with Crippen LogP contribution in [0.3, 0.4) is 0 Å². The quantitative estimate of drug-likeness (QED) is 0.589. The lowest BCUT2D eigenvalue weighted by Crippen LogP contribution is -2.33.